The van der Waals surface area contributed by atoms with Crippen LogP contribution >= 0.6 is 11.6 Å². The summed E-state index contributed by atoms with van der Waals surface area (Å²) in [7, 11) is 0. The minimum Gasteiger partial charge on any atom is -0.493 e. The first-order valence-electron chi connectivity index (χ1n) is 11.8. The van der Waals surface area contributed by atoms with Crippen molar-refractivity contribution in [2.24, 2.45) is 0 Å². The molecule has 35 heavy (non-hydrogen) atoms. The Kier molecular flexibility index (Phi) is 7.23. The Labute approximate surface area is 211 Å². The van der Waals surface area contributed by atoms with Gasteiger partial charge in [-0.3, -0.25) is 4.79 Å². The van der Waals surface area contributed by atoms with Gasteiger partial charge in [0.15, 0.2) is 5.76 Å². The van der Waals surface area contributed by atoms with E-state index in [1.54, 1.807) is 12.1 Å². The molecule has 4 nitrogen and oxygen atoms in total. The van der Waals surface area contributed by atoms with Crippen LogP contribution in [0.2, 0.25) is 5.02 Å². The standard InChI is InChI=1S/C30H31ClO4/c1-19-17-25-26(18-20(19)2)35-28(21-7-9-22(10-8-21)30(3,4)5)29(27(25)32)34-16-6-15-33-24-13-11-23(31)12-14-24/h7-14,17-18H,6,15-16H2,1-5H3. The molecular formula is C30H31ClO4. The Morgan fingerprint density at radius 3 is 2.14 bits per heavy atom. The molecule has 1 aromatic heterocycles. The van der Waals surface area contributed by atoms with Crippen LogP contribution in [0.5, 0.6) is 11.5 Å². The first kappa shape index (κ1) is 24.9. The van der Waals surface area contributed by atoms with Crippen LogP contribution in [-0.4, -0.2) is 13.2 Å². The van der Waals surface area contributed by atoms with Crippen LogP contribution in [0.3, 0.4) is 0 Å². The molecule has 4 rings (SSSR count). The second-order valence-corrected chi connectivity index (χ2v) is 10.3. The molecule has 4 aromatic rings. The van der Waals surface area contributed by atoms with Crippen LogP contribution in [0.4, 0.5) is 0 Å². The van der Waals surface area contributed by atoms with Gasteiger partial charge >= 0.3 is 0 Å². The largest absolute Gasteiger partial charge is 0.493 e. The second-order valence-electron chi connectivity index (χ2n) is 9.85. The van der Waals surface area contributed by atoms with Crippen molar-refractivity contribution >= 4 is 22.6 Å². The van der Waals surface area contributed by atoms with E-state index >= 15 is 0 Å². The molecule has 0 aliphatic carbocycles. The number of fused-ring (bicyclic) bond motifs is 1. The van der Waals surface area contributed by atoms with Gasteiger partial charge < -0.3 is 13.9 Å². The highest BCUT2D eigenvalue weighted by atomic mass is 35.5. The van der Waals surface area contributed by atoms with Crippen molar-refractivity contribution in [3.8, 4) is 22.8 Å². The topological polar surface area (TPSA) is 48.7 Å². The fourth-order valence-electron chi connectivity index (χ4n) is 3.83. The van der Waals surface area contributed by atoms with Crippen molar-refractivity contribution in [3.05, 3.63) is 92.6 Å². The molecule has 0 aliphatic rings. The Morgan fingerprint density at radius 2 is 1.49 bits per heavy atom. The summed E-state index contributed by atoms with van der Waals surface area (Å²) in [6.45, 7) is 11.3. The summed E-state index contributed by atoms with van der Waals surface area (Å²) < 4.78 is 18.1. The molecule has 3 aromatic carbocycles. The lowest BCUT2D eigenvalue weighted by molar-refractivity contribution is 0.244. The van der Waals surface area contributed by atoms with Gasteiger partial charge in [-0.25, -0.2) is 0 Å². The molecule has 0 N–H and O–H groups in total. The summed E-state index contributed by atoms with van der Waals surface area (Å²) in [5.74, 6) is 1.42. The highest BCUT2D eigenvalue weighted by molar-refractivity contribution is 6.30. The summed E-state index contributed by atoms with van der Waals surface area (Å²) in [6.07, 6.45) is 0.607. The normalized spacial score (nSPS) is 11.6. The zero-order valence-electron chi connectivity index (χ0n) is 20.9. The highest BCUT2D eigenvalue weighted by Gasteiger charge is 2.20. The minimum absolute atomic E-state index is 0.0286. The van der Waals surface area contributed by atoms with Crippen LogP contribution < -0.4 is 14.9 Å². The Balaban J connectivity index is 1.62. The SMILES string of the molecule is Cc1cc2oc(-c3ccc(C(C)(C)C)cc3)c(OCCCOc3ccc(Cl)cc3)c(=O)c2cc1C. The van der Waals surface area contributed by atoms with Gasteiger partial charge in [-0.2, -0.15) is 0 Å². The molecule has 0 fully saturated rings. The molecule has 0 bridgehead atoms. The van der Waals surface area contributed by atoms with Crippen molar-refractivity contribution in [1.82, 2.24) is 0 Å². The smallest absolute Gasteiger partial charge is 0.235 e. The van der Waals surface area contributed by atoms with Crippen LogP contribution in [0.15, 0.2) is 69.9 Å². The van der Waals surface area contributed by atoms with Gasteiger partial charge in [-0.1, -0.05) is 56.6 Å². The summed E-state index contributed by atoms with van der Waals surface area (Å²) in [5, 5.41) is 1.19. The molecule has 0 unspecified atom stereocenters. The summed E-state index contributed by atoms with van der Waals surface area (Å²) in [6, 6.07) is 19.1. The van der Waals surface area contributed by atoms with E-state index in [0.29, 0.717) is 41.4 Å². The molecule has 0 aliphatic heterocycles. The number of aryl methyl sites for hydroxylation is 2. The number of ether oxygens (including phenoxy) is 2. The van der Waals surface area contributed by atoms with Crippen molar-refractivity contribution in [2.75, 3.05) is 13.2 Å². The third-order valence-corrected chi connectivity index (χ3v) is 6.35. The van der Waals surface area contributed by atoms with Crippen LogP contribution in [0.25, 0.3) is 22.3 Å². The molecular weight excluding hydrogens is 460 g/mol. The molecule has 0 amide bonds. The van der Waals surface area contributed by atoms with Gasteiger partial charge in [0.25, 0.3) is 0 Å². The van der Waals surface area contributed by atoms with E-state index in [0.717, 1.165) is 22.4 Å². The summed E-state index contributed by atoms with van der Waals surface area (Å²) in [5.41, 5.74) is 4.55. The van der Waals surface area contributed by atoms with E-state index in [9.17, 15) is 4.79 Å². The number of rotatable bonds is 7. The summed E-state index contributed by atoms with van der Waals surface area (Å²) in [4.78, 5) is 13.5. The van der Waals surface area contributed by atoms with Crippen LogP contribution in [-0.2, 0) is 5.41 Å². The third kappa shape index (κ3) is 5.71. The first-order chi connectivity index (χ1) is 16.6. The molecule has 1 heterocycles. The van der Waals surface area contributed by atoms with E-state index < -0.39 is 0 Å². The Morgan fingerprint density at radius 1 is 0.857 bits per heavy atom. The van der Waals surface area contributed by atoms with Gasteiger partial charge in [0.1, 0.15) is 11.3 Å². The lowest BCUT2D eigenvalue weighted by Crippen LogP contribution is -2.13. The number of benzene rings is 3. The second kappa shape index (κ2) is 10.2. The van der Waals surface area contributed by atoms with Crippen molar-refractivity contribution in [2.45, 2.75) is 46.5 Å². The maximum Gasteiger partial charge on any atom is 0.235 e. The van der Waals surface area contributed by atoms with Gasteiger partial charge in [0, 0.05) is 17.0 Å². The average Bonchev–Trinajstić information content (AvgIpc) is 2.82. The van der Waals surface area contributed by atoms with Crippen LogP contribution in [0.1, 0.15) is 43.9 Å². The molecule has 0 radical (unpaired) electrons. The average molecular weight is 491 g/mol. The Bertz CT molecular complexity index is 1380. The van der Waals surface area contributed by atoms with Gasteiger partial charge in [-0.15, -0.1) is 0 Å². The third-order valence-electron chi connectivity index (χ3n) is 6.10. The van der Waals surface area contributed by atoms with E-state index in [2.05, 4.69) is 32.9 Å². The Hall–Kier alpha value is -3.24. The number of hydrogen-bond acceptors (Lipinski definition) is 4. The molecule has 0 spiro atoms. The minimum atomic E-state index is -0.164. The van der Waals surface area contributed by atoms with Crippen molar-refractivity contribution in [1.29, 1.82) is 0 Å². The van der Waals surface area contributed by atoms with E-state index in [4.69, 9.17) is 25.5 Å². The molecule has 0 saturated heterocycles. The van der Waals surface area contributed by atoms with Gasteiger partial charge in [0.05, 0.1) is 18.6 Å². The zero-order valence-corrected chi connectivity index (χ0v) is 21.7. The van der Waals surface area contributed by atoms with Crippen molar-refractivity contribution in [3.63, 3.8) is 0 Å². The van der Waals surface area contributed by atoms with Crippen LogP contribution in [0, 0.1) is 13.8 Å². The predicted octanol–water partition coefficient (Wildman–Crippen LogP) is 7.88. The van der Waals surface area contributed by atoms with E-state index in [1.165, 1.54) is 5.56 Å². The lowest BCUT2D eigenvalue weighted by Gasteiger charge is -2.19. The fourth-order valence-corrected chi connectivity index (χ4v) is 3.96. The highest BCUT2D eigenvalue weighted by Crippen LogP contribution is 2.33. The molecule has 182 valence electrons. The zero-order chi connectivity index (χ0) is 25.2. The fraction of sp³-hybridized carbons (Fsp3) is 0.300. The number of halogens is 1. The maximum absolute atomic E-state index is 13.5. The monoisotopic (exact) mass is 490 g/mol. The maximum atomic E-state index is 13.5. The quantitative estimate of drug-likeness (QED) is 0.247. The van der Waals surface area contributed by atoms with Crippen molar-refractivity contribution < 1.29 is 13.9 Å². The lowest BCUT2D eigenvalue weighted by atomic mass is 9.86. The van der Waals surface area contributed by atoms with E-state index in [-0.39, 0.29) is 16.6 Å². The predicted molar refractivity (Wildman–Crippen MR) is 143 cm³/mol. The molecule has 0 atom stereocenters. The molecule has 0 saturated carbocycles. The van der Waals surface area contributed by atoms with E-state index in [1.807, 2.05) is 50.2 Å². The first-order valence-corrected chi connectivity index (χ1v) is 12.2. The molecule has 5 heteroatoms. The van der Waals surface area contributed by atoms with Gasteiger partial charge in [0.2, 0.25) is 11.2 Å². The van der Waals surface area contributed by atoms with Gasteiger partial charge in [-0.05, 0) is 72.4 Å². The number of hydrogen-bond donors (Lipinski definition) is 0. The summed E-state index contributed by atoms with van der Waals surface area (Å²) >= 11 is 5.92.